The third-order valence-corrected chi connectivity index (χ3v) is 2.51. The molecular formula is C14H16N2O3. The minimum Gasteiger partial charge on any atom is -0.478 e. The molecule has 0 bridgehead atoms. The summed E-state index contributed by atoms with van der Waals surface area (Å²) in [6, 6.07) is 4.36. The summed E-state index contributed by atoms with van der Waals surface area (Å²) in [7, 11) is 0. The molecule has 1 rings (SSSR count). The Balaban J connectivity index is 2.58. The van der Waals surface area contributed by atoms with Crippen molar-refractivity contribution in [1.29, 1.82) is 0 Å². The third kappa shape index (κ3) is 4.72. The zero-order chi connectivity index (χ0) is 14.3. The average Bonchev–Trinajstić information content (AvgIpc) is 2.36. The SMILES string of the molecule is C#CCCCNC(=O)Nc1ccc(C)c(C(=O)O)c1. The standard InChI is InChI=1S/C14H16N2O3/c1-3-4-5-8-15-14(19)16-11-7-6-10(2)12(9-11)13(17)18/h1,6-7,9H,4-5,8H2,2H3,(H,17,18)(H2,15,16,19). The summed E-state index contributed by atoms with van der Waals surface area (Å²) < 4.78 is 0. The van der Waals surface area contributed by atoms with Gasteiger partial charge in [-0.2, -0.15) is 0 Å². The molecule has 0 fully saturated rings. The molecule has 0 atom stereocenters. The molecule has 0 saturated heterocycles. The van der Waals surface area contributed by atoms with Crippen LogP contribution in [0, 0.1) is 19.3 Å². The van der Waals surface area contributed by atoms with E-state index >= 15 is 0 Å². The molecule has 5 heteroatoms. The van der Waals surface area contributed by atoms with Crippen LogP contribution < -0.4 is 10.6 Å². The first-order valence-electron chi connectivity index (χ1n) is 5.87. The van der Waals surface area contributed by atoms with Crippen LogP contribution in [0.2, 0.25) is 0 Å². The van der Waals surface area contributed by atoms with Gasteiger partial charge >= 0.3 is 12.0 Å². The van der Waals surface area contributed by atoms with Crippen molar-refractivity contribution in [3.05, 3.63) is 29.3 Å². The molecule has 0 aliphatic carbocycles. The van der Waals surface area contributed by atoms with Crippen LogP contribution in [0.15, 0.2) is 18.2 Å². The molecule has 0 spiro atoms. The first-order valence-corrected chi connectivity index (χ1v) is 5.87. The van der Waals surface area contributed by atoms with Gasteiger partial charge in [0, 0.05) is 18.7 Å². The average molecular weight is 260 g/mol. The molecule has 0 radical (unpaired) electrons. The number of urea groups is 1. The van der Waals surface area contributed by atoms with Crippen LogP contribution in [0.1, 0.15) is 28.8 Å². The lowest BCUT2D eigenvalue weighted by molar-refractivity contribution is 0.0696. The predicted molar refractivity (Wildman–Crippen MR) is 73.2 cm³/mol. The Kier molecular flexibility index (Phi) is 5.42. The van der Waals surface area contributed by atoms with Crippen molar-refractivity contribution in [3.8, 4) is 12.3 Å². The number of carboxylic acid groups (broad SMARTS) is 1. The lowest BCUT2D eigenvalue weighted by atomic mass is 10.1. The second-order valence-corrected chi connectivity index (χ2v) is 4.02. The number of nitrogens with one attached hydrogen (secondary N) is 2. The maximum atomic E-state index is 11.5. The van der Waals surface area contributed by atoms with E-state index in [2.05, 4.69) is 16.6 Å². The Labute approximate surface area is 112 Å². The molecular weight excluding hydrogens is 244 g/mol. The van der Waals surface area contributed by atoms with E-state index in [-0.39, 0.29) is 11.6 Å². The highest BCUT2D eigenvalue weighted by Crippen LogP contribution is 2.15. The van der Waals surface area contributed by atoms with Crippen LogP contribution in [0.5, 0.6) is 0 Å². The van der Waals surface area contributed by atoms with Gasteiger partial charge in [-0.3, -0.25) is 0 Å². The Bertz CT molecular complexity index is 518. The summed E-state index contributed by atoms with van der Waals surface area (Å²) in [5.74, 6) is 1.46. The largest absolute Gasteiger partial charge is 0.478 e. The summed E-state index contributed by atoms with van der Waals surface area (Å²) in [4.78, 5) is 22.5. The monoisotopic (exact) mass is 260 g/mol. The first kappa shape index (κ1) is 14.6. The lowest BCUT2D eigenvalue weighted by Gasteiger charge is -2.08. The normalized spacial score (nSPS) is 9.47. The molecule has 0 aromatic heterocycles. The molecule has 19 heavy (non-hydrogen) atoms. The van der Waals surface area contributed by atoms with Crippen molar-refractivity contribution < 1.29 is 14.7 Å². The number of amides is 2. The number of unbranched alkanes of at least 4 members (excludes halogenated alkanes) is 1. The van der Waals surface area contributed by atoms with Gasteiger partial charge in [0.1, 0.15) is 0 Å². The topological polar surface area (TPSA) is 78.4 Å². The van der Waals surface area contributed by atoms with Gasteiger partial charge < -0.3 is 15.7 Å². The Morgan fingerprint density at radius 1 is 1.42 bits per heavy atom. The van der Waals surface area contributed by atoms with Gasteiger partial charge in [-0.25, -0.2) is 9.59 Å². The van der Waals surface area contributed by atoms with Crippen molar-refractivity contribution >= 4 is 17.7 Å². The van der Waals surface area contributed by atoms with Crippen LogP contribution in [-0.2, 0) is 0 Å². The van der Waals surface area contributed by atoms with Crippen molar-refractivity contribution in [2.75, 3.05) is 11.9 Å². The van der Waals surface area contributed by atoms with Gasteiger partial charge in [-0.05, 0) is 31.0 Å². The van der Waals surface area contributed by atoms with Crippen LogP contribution in [-0.4, -0.2) is 23.7 Å². The predicted octanol–water partition coefficient (Wildman–Crippen LogP) is 2.23. The van der Waals surface area contributed by atoms with E-state index in [1.165, 1.54) is 6.07 Å². The van der Waals surface area contributed by atoms with E-state index in [0.717, 1.165) is 0 Å². The molecule has 2 amide bonds. The van der Waals surface area contributed by atoms with E-state index in [1.807, 2.05) is 0 Å². The molecule has 3 N–H and O–H groups in total. The van der Waals surface area contributed by atoms with Crippen molar-refractivity contribution in [2.24, 2.45) is 0 Å². The number of carboxylic acids is 1. The quantitative estimate of drug-likeness (QED) is 0.561. The number of carbonyl (C=O) groups is 2. The zero-order valence-corrected chi connectivity index (χ0v) is 10.7. The Hall–Kier alpha value is -2.48. The molecule has 1 aromatic carbocycles. The molecule has 0 unspecified atom stereocenters. The number of anilines is 1. The first-order chi connectivity index (χ1) is 9.04. The van der Waals surface area contributed by atoms with Gasteiger partial charge in [0.2, 0.25) is 0 Å². The number of aromatic carboxylic acids is 1. The summed E-state index contributed by atoms with van der Waals surface area (Å²) in [6.07, 6.45) is 6.41. The number of aryl methyl sites for hydroxylation is 1. The van der Waals surface area contributed by atoms with Crippen LogP contribution in [0.4, 0.5) is 10.5 Å². The minimum absolute atomic E-state index is 0.171. The molecule has 1 aromatic rings. The van der Waals surface area contributed by atoms with Crippen molar-refractivity contribution in [2.45, 2.75) is 19.8 Å². The summed E-state index contributed by atoms with van der Waals surface area (Å²) in [5.41, 5.74) is 1.26. The fourth-order valence-electron chi connectivity index (χ4n) is 1.50. The van der Waals surface area contributed by atoms with E-state index in [9.17, 15) is 9.59 Å². The smallest absolute Gasteiger partial charge is 0.336 e. The zero-order valence-electron chi connectivity index (χ0n) is 10.7. The maximum Gasteiger partial charge on any atom is 0.336 e. The van der Waals surface area contributed by atoms with E-state index in [4.69, 9.17) is 11.5 Å². The second-order valence-electron chi connectivity index (χ2n) is 4.02. The minimum atomic E-state index is -1.02. The van der Waals surface area contributed by atoms with Gasteiger partial charge in [-0.1, -0.05) is 6.07 Å². The van der Waals surface area contributed by atoms with Gasteiger partial charge in [0.15, 0.2) is 0 Å². The van der Waals surface area contributed by atoms with Crippen LogP contribution in [0.25, 0.3) is 0 Å². The van der Waals surface area contributed by atoms with Gasteiger partial charge in [0.05, 0.1) is 5.56 Å². The van der Waals surface area contributed by atoms with E-state index < -0.39 is 5.97 Å². The summed E-state index contributed by atoms with van der Waals surface area (Å²) in [6.45, 7) is 2.18. The van der Waals surface area contributed by atoms with Crippen LogP contribution >= 0.6 is 0 Å². The van der Waals surface area contributed by atoms with E-state index in [1.54, 1.807) is 19.1 Å². The number of carbonyl (C=O) groups excluding carboxylic acids is 1. The molecule has 5 nitrogen and oxygen atoms in total. The van der Waals surface area contributed by atoms with E-state index in [0.29, 0.717) is 30.6 Å². The summed E-state index contributed by atoms with van der Waals surface area (Å²) in [5, 5.41) is 14.2. The number of hydrogen-bond donors (Lipinski definition) is 3. The summed E-state index contributed by atoms with van der Waals surface area (Å²) >= 11 is 0. The van der Waals surface area contributed by atoms with Crippen molar-refractivity contribution in [1.82, 2.24) is 5.32 Å². The van der Waals surface area contributed by atoms with Crippen LogP contribution in [0.3, 0.4) is 0 Å². The van der Waals surface area contributed by atoms with Gasteiger partial charge in [-0.15, -0.1) is 12.3 Å². The Morgan fingerprint density at radius 3 is 2.79 bits per heavy atom. The number of benzene rings is 1. The maximum absolute atomic E-state index is 11.5. The van der Waals surface area contributed by atoms with Gasteiger partial charge in [0.25, 0.3) is 0 Å². The molecule has 0 saturated carbocycles. The fraction of sp³-hybridized carbons (Fsp3) is 0.286. The number of terminal acetylenes is 1. The lowest BCUT2D eigenvalue weighted by Crippen LogP contribution is -2.29. The highest BCUT2D eigenvalue weighted by Gasteiger charge is 2.09. The Morgan fingerprint density at radius 2 is 2.16 bits per heavy atom. The third-order valence-electron chi connectivity index (χ3n) is 2.51. The molecule has 0 heterocycles. The second kappa shape index (κ2) is 7.07. The molecule has 100 valence electrons. The highest BCUT2D eigenvalue weighted by molar-refractivity contribution is 5.94. The molecule has 0 aliphatic heterocycles. The number of rotatable bonds is 5. The number of hydrogen-bond acceptors (Lipinski definition) is 2. The molecule has 0 aliphatic rings. The fourth-order valence-corrected chi connectivity index (χ4v) is 1.50. The van der Waals surface area contributed by atoms with Crippen molar-refractivity contribution in [3.63, 3.8) is 0 Å². The highest BCUT2D eigenvalue weighted by atomic mass is 16.4.